The Bertz CT molecular complexity index is 441. The van der Waals surface area contributed by atoms with Crippen LogP contribution >= 0.6 is 0 Å². The van der Waals surface area contributed by atoms with Crippen molar-refractivity contribution < 1.29 is 14.3 Å². The smallest absolute Gasteiger partial charge is 0.224 e. The maximum absolute atomic E-state index is 11.6. The molecule has 1 aromatic rings. The predicted molar refractivity (Wildman–Crippen MR) is 71.7 cm³/mol. The van der Waals surface area contributed by atoms with Crippen molar-refractivity contribution in [1.82, 2.24) is 0 Å². The number of amides is 1. The van der Waals surface area contributed by atoms with Gasteiger partial charge in [0.2, 0.25) is 5.91 Å². The van der Waals surface area contributed by atoms with E-state index in [0.29, 0.717) is 43.9 Å². The van der Waals surface area contributed by atoms with Crippen molar-refractivity contribution in [3.05, 3.63) is 29.8 Å². The van der Waals surface area contributed by atoms with Gasteiger partial charge in [-0.1, -0.05) is 6.07 Å². The Morgan fingerprint density at radius 3 is 2.95 bits per heavy atom. The van der Waals surface area contributed by atoms with E-state index in [2.05, 4.69) is 5.32 Å². The van der Waals surface area contributed by atoms with Crippen LogP contribution in [0.2, 0.25) is 0 Å². The highest BCUT2D eigenvalue weighted by molar-refractivity contribution is 5.90. The van der Waals surface area contributed by atoms with E-state index in [-0.39, 0.29) is 5.91 Å². The molecule has 0 saturated heterocycles. The highest BCUT2D eigenvalue weighted by atomic mass is 16.5. The lowest BCUT2D eigenvalue weighted by atomic mass is 10.2. The fourth-order valence-corrected chi connectivity index (χ4v) is 1.47. The number of anilines is 1. The lowest BCUT2D eigenvalue weighted by Gasteiger charge is -2.06. The number of hydrogen-bond acceptors (Lipinski definition) is 4. The zero-order chi connectivity index (χ0) is 13.9. The van der Waals surface area contributed by atoms with E-state index in [1.165, 1.54) is 0 Å². The Labute approximate surface area is 113 Å². The van der Waals surface area contributed by atoms with E-state index in [1.54, 1.807) is 31.4 Å². The van der Waals surface area contributed by atoms with Crippen LogP contribution in [0, 0.1) is 11.3 Å². The van der Waals surface area contributed by atoms with Gasteiger partial charge in [0.1, 0.15) is 0 Å². The standard InChI is InChI=1S/C14H18N2O3/c1-18-8-9-19-7-3-6-14(17)16-13-5-2-4-12(10-13)11-15/h2,4-5,10H,3,6-9H2,1H3,(H,16,17). The van der Waals surface area contributed by atoms with Crippen LogP contribution in [-0.4, -0.2) is 32.8 Å². The number of rotatable bonds is 8. The molecule has 19 heavy (non-hydrogen) atoms. The minimum absolute atomic E-state index is 0.0783. The van der Waals surface area contributed by atoms with Crippen LogP contribution in [-0.2, 0) is 14.3 Å². The van der Waals surface area contributed by atoms with Crippen molar-refractivity contribution in [2.75, 3.05) is 32.2 Å². The van der Waals surface area contributed by atoms with Crippen molar-refractivity contribution in [2.24, 2.45) is 0 Å². The van der Waals surface area contributed by atoms with Crippen LogP contribution in [0.1, 0.15) is 18.4 Å². The first-order valence-corrected chi connectivity index (χ1v) is 6.13. The fraction of sp³-hybridized carbons (Fsp3) is 0.429. The minimum Gasteiger partial charge on any atom is -0.382 e. The van der Waals surface area contributed by atoms with Crippen molar-refractivity contribution in [2.45, 2.75) is 12.8 Å². The van der Waals surface area contributed by atoms with Crippen LogP contribution < -0.4 is 5.32 Å². The molecule has 1 amide bonds. The fourth-order valence-electron chi connectivity index (χ4n) is 1.47. The van der Waals surface area contributed by atoms with Gasteiger partial charge >= 0.3 is 0 Å². The highest BCUT2D eigenvalue weighted by Crippen LogP contribution is 2.10. The second-order valence-electron chi connectivity index (χ2n) is 3.95. The lowest BCUT2D eigenvalue weighted by Crippen LogP contribution is -2.12. The molecule has 5 nitrogen and oxygen atoms in total. The van der Waals surface area contributed by atoms with E-state index >= 15 is 0 Å². The summed E-state index contributed by atoms with van der Waals surface area (Å²) in [5.41, 5.74) is 1.17. The average molecular weight is 262 g/mol. The number of nitrogens with zero attached hydrogens (tertiary/aromatic N) is 1. The minimum atomic E-state index is -0.0783. The molecule has 1 N–H and O–H groups in total. The van der Waals surface area contributed by atoms with E-state index in [4.69, 9.17) is 14.7 Å². The summed E-state index contributed by atoms with van der Waals surface area (Å²) in [7, 11) is 1.62. The quantitative estimate of drug-likeness (QED) is 0.727. The SMILES string of the molecule is COCCOCCCC(=O)Nc1cccc(C#N)c1. The molecule has 0 radical (unpaired) electrons. The molecule has 0 aliphatic carbocycles. The van der Waals surface area contributed by atoms with Crippen LogP contribution in [0.4, 0.5) is 5.69 Å². The third-order valence-corrected chi connectivity index (χ3v) is 2.40. The molecule has 102 valence electrons. The Kier molecular flexibility index (Phi) is 7.25. The van der Waals surface area contributed by atoms with Crippen molar-refractivity contribution in [1.29, 1.82) is 5.26 Å². The van der Waals surface area contributed by atoms with E-state index in [9.17, 15) is 4.79 Å². The number of carbonyl (C=O) groups is 1. The zero-order valence-corrected chi connectivity index (χ0v) is 11.0. The largest absolute Gasteiger partial charge is 0.382 e. The maximum atomic E-state index is 11.6. The molecule has 0 fully saturated rings. The van der Waals surface area contributed by atoms with E-state index in [1.807, 2.05) is 6.07 Å². The Balaban J connectivity index is 2.22. The molecular weight excluding hydrogens is 244 g/mol. The Hall–Kier alpha value is -1.90. The van der Waals surface area contributed by atoms with Gasteiger partial charge in [-0.15, -0.1) is 0 Å². The van der Waals surface area contributed by atoms with Gasteiger partial charge in [0.05, 0.1) is 24.8 Å². The number of nitrogens with one attached hydrogen (secondary N) is 1. The molecule has 1 aromatic carbocycles. The van der Waals surface area contributed by atoms with E-state index < -0.39 is 0 Å². The summed E-state index contributed by atoms with van der Waals surface area (Å²) < 4.78 is 10.1. The Morgan fingerprint density at radius 2 is 2.21 bits per heavy atom. The zero-order valence-electron chi connectivity index (χ0n) is 11.0. The normalized spacial score (nSPS) is 9.89. The highest BCUT2D eigenvalue weighted by Gasteiger charge is 2.02. The Morgan fingerprint density at radius 1 is 1.37 bits per heavy atom. The monoisotopic (exact) mass is 262 g/mol. The number of benzene rings is 1. The molecular formula is C14H18N2O3. The van der Waals surface area contributed by atoms with Crippen molar-refractivity contribution in [3.63, 3.8) is 0 Å². The molecule has 0 aliphatic rings. The average Bonchev–Trinajstić information content (AvgIpc) is 2.43. The maximum Gasteiger partial charge on any atom is 0.224 e. The molecule has 0 aromatic heterocycles. The molecule has 0 bridgehead atoms. The summed E-state index contributed by atoms with van der Waals surface area (Å²) in [6.45, 7) is 1.64. The second-order valence-corrected chi connectivity index (χ2v) is 3.95. The van der Waals surface area contributed by atoms with Gasteiger partial charge in [0.15, 0.2) is 0 Å². The molecule has 0 heterocycles. The van der Waals surface area contributed by atoms with Crippen LogP contribution in [0.15, 0.2) is 24.3 Å². The molecule has 0 spiro atoms. The van der Waals surface area contributed by atoms with Crippen molar-refractivity contribution in [3.8, 4) is 6.07 Å². The van der Waals surface area contributed by atoms with Gasteiger partial charge in [-0.2, -0.15) is 5.26 Å². The summed E-state index contributed by atoms with van der Waals surface area (Å²) in [5, 5.41) is 11.5. The summed E-state index contributed by atoms with van der Waals surface area (Å²) >= 11 is 0. The number of carbonyl (C=O) groups excluding carboxylic acids is 1. The number of ether oxygens (including phenoxy) is 2. The second kappa shape index (κ2) is 9.09. The number of nitriles is 1. The number of hydrogen-bond donors (Lipinski definition) is 1. The third-order valence-electron chi connectivity index (χ3n) is 2.40. The van der Waals surface area contributed by atoms with Gasteiger partial charge in [0, 0.05) is 25.8 Å². The van der Waals surface area contributed by atoms with Gasteiger partial charge < -0.3 is 14.8 Å². The summed E-state index contributed by atoms with van der Waals surface area (Å²) in [6.07, 6.45) is 1.05. The molecule has 1 rings (SSSR count). The molecule has 0 unspecified atom stereocenters. The van der Waals surface area contributed by atoms with Gasteiger partial charge in [-0.3, -0.25) is 4.79 Å². The van der Waals surface area contributed by atoms with Gasteiger partial charge in [-0.05, 0) is 24.6 Å². The first kappa shape index (κ1) is 15.2. The van der Waals surface area contributed by atoms with Gasteiger partial charge in [-0.25, -0.2) is 0 Å². The third kappa shape index (κ3) is 6.55. The lowest BCUT2D eigenvalue weighted by molar-refractivity contribution is -0.116. The summed E-state index contributed by atoms with van der Waals surface area (Å²) in [5.74, 6) is -0.0783. The first-order valence-electron chi connectivity index (χ1n) is 6.13. The van der Waals surface area contributed by atoms with Crippen LogP contribution in [0.5, 0.6) is 0 Å². The first-order chi connectivity index (χ1) is 9.26. The molecule has 0 saturated carbocycles. The van der Waals surface area contributed by atoms with Gasteiger partial charge in [0.25, 0.3) is 0 Å². The predicted octanol–water partition coefficient (Wildman–Crippen LogP) is 1.94. The van der Waals surface area contributed by atoms with Crippen LogP contribution in [0.3, 0.4) is 0 Å². The van der Waals surface area contributed by atoms with E-state index in [0.717, 1.165) is 0 Å². The summed E-state index contributed by atoms with van der Waals surface area (Å²) in [6, 6.07) is 8.86. The molecule has 0 aliphatic heterocycles. The van der Waals surface area contributed by atoms with Crippen LogP contribution in [0.25, 0.3) is 0 Å². The topological polar surface area (TPSA) is 71.3 Å². The summed E-state index contributed by atoms with van der Waals surface area (Å²) in [4.78, 5) is 11.6. The molecule has 0 atom stereocenters. The molecule has 5 heteroatoms. The van der Waals surface area contributed by atoms with Crippen molar-refractivity contribution >= 4 is 11.6 Å². The number of methoxy groups -OCH3 is 1.